The molecule has 134 valence electrons. The third kappa shape index (κ3) is 11.8. The molecular weight excluding hydrogens is 292 g/mol. The number of esters is 2. The molecule has 23 heavy (non-hydrogen) atoms. The van der Waals surface area contributed by atoms with E-state index in [0.29, 0.717) is 12.5 Å². The smallest absolute Gasteiger partial charge is 0.331 e. The Hall–Kier alpha value is -1.32. The first-order valence-corrected chi connectivity index (χ1v) is 9.12. The van der Waals surface area contributed by atoms with Crippen LogP contribution in [-0.4, -0.2) is 24.6 Å². The second-order valence-electron chi connectivity index (χ2n) is 5.93. The largest absolute Gasteiger partial charge is 0.463 e. The molecule has 0 spiro atoms. The Morgan fingerprint density at radius 2 is 1.52 bits per heavy atom. The topological polar surface area (TPSA) is 52.6 Å². The highest BCUT2D eigenvalue weighted by Gasteiger charge is 2.13. The lowest BCUT2D eigenvalue weighted by Crippen LogP contribution is -2.17. The SMILES string of the molecule is CCCCCOC(=O)/C=C/C(=O)OC(CC)CCC(CC)CC. The molecule has 0 amide bonds. The Bertz CT molecular complexity index is 345. The van der Waals surface area contributed by atoms with Gasteiger partial charge >= 0.3 is 11.9 Å². The molecule has 0 aromatic heterocycles. The van der Waals surface area contributed by atoms with Crippen LogP contribution in [0.4, 0.5) is 0 Å². The highest BCUT2D eigenvalue weighted by molar-refractivity contribution is 5.91. The van der Waals surface area contributed by atoms with Gasteiger partial charge in [0.25, 0.3) is 0 Å². The third-order valence-corrected chi connectivity index (χ3v) is 4.14. The Labute approximate surface area is 141 Å². The summed E-state index contributed by atoms with van der Waals surface area (Å²) in [7, 11) is 0. The van der Waals surface area contributed by atoms with E-state index in [-0.39, 0.29) is 6.10 Å². The second-order valence-corrected chi connectivity index (χ2v) is 5.93. The van der Waals surface area contributed by atoms with E-state index in [1.807, 2.05) is 6.92 Å². The predicted octanol–water partition coefficient (Wildman–Crippen LogP) is 4.81. The van der Waals surface area contributed by atoms with E-state index in [9.17, 15) is 9.59 Å². The van der Waals surface area contributed by atoms with Gasteiger partial charge in [-0.1, -0.05) is 53.4 Å². The van der Waals surface area contributed by atoms with E-state index < -0.39 is 11.9 Å². The molecule has 1 atom stereocenters. The summed E-state index contributed by atoms with van der Waals surface area (Å²) in [5, 5.41) is 0. The van der Waals surface area contributed by atoms with Gasteiger partial charge in [-0.05, 0) is 31.6 Å². The van der Waals surface area contributed by atoms with Crippen molar-refractivity contribution >= 4 is 11.9 Å². The van der Waals surface area contributed by atoms with Crippen LogP contribution in [0.2, 0.25) is 0 Å². The molecule has 0 aliphatic carbocycles. The number of unbranched alkanes of at least 4 members (excludes halogenated alkanes) is 2. The van der Waals surface area contributed by atoms with Gasteiger partial charge < -0.3 is 9.47 Å². The minimum Gasteiger partial charge on any atom is -0.463 e. The van der Waals surface area contributed by atoms with Crippen molar-refractivity contribution in [3.05, 3.63) is 12.2 Å². The number of carbonyl (C=O) groups excluding carboxylic acids is 2. The van der Waals surface area contributed by atoms with Crippen LogP contribution in [0.3, 0.4) is 0 Å². The van der Waals surface area contributed by atoms with Gasteiger partial charge in [0.05, 0.1) is 6.61 Å². The molecule has 0 N–H and O–H groups in total. The normalized spacial score (nSPS) is 12.6. The lowest BCUT2D eigenvalue weighted by molar-refractivity contribution is -0.144. The number of hydrogen-bond acceptors (Lipinski definition) is 4. The van der Waals surface area contributed by atoms with Crippen molar-refractivity contribution < 1.29 is 19.1 Å². The molecule has 0 radical (unpaired) electrons. The van der Waals surface area contributed by atoms with Crippen molar-refractivity contribution in [3.8, 4) is 0 Å². The minimum atomic E-state index is -0.483. The van der Waals surface area contributed by atoms with Crippen molar-refractivity contribution in [3.63, 3.8) is 0 Å². The molecule has 0 aromatic carbocycles. The van der Waals surface area contributed by atoms with Crippen LogP contribution < -0.4 is 0 Å². The predicted molar refractivity (Wildman–Crippen MR) is 93.1 cm³/mol. The standard InChI is InChI=1S/C19H34O4/c1-5-9-10-15-22-18(20)13-14-19(21)23-17(8-4)12-11-16(6-2)7-3/h13-14,16-17H,5-12,15H2,1-4H3/b14-13+. The molecule has 0 aromatic rings. The molecule has 4 nitrogen and oxygen atoms in total. The summed E-state index contributed by atoms with van der Waals surface area (Å²) in [6.07, 6.45) is 10.3. The van der Waals surface area contributed by atoms with Crippen molar-refractivity contribution in [2.45, 2.75) is 85.2 Å². The first kappa shape index (κ1) is 21.7. The van der Waals surface area contributed by atoms with Crippen LogP contribution in [0.5, 0.6) is 0 Å². The molecule has 0 fully saturated rings. The fraction of sp³-hybridized carbons (Fsp3) is 0.789. The zero-order chi connectivity index (χ0) is 17.5. The summed E-state index contributed by atoms with van der Waals surface area (Å²) in [6, 6.07) is 0. The van der Waals surface area contributed by atoms with E-state index in [2.05, 4.69) is 20.8 Å². The second kappa shape index (κ2) is 14.3. The van der Waals surface area contributed by atoms with Crippen LogP contribution in [0, 0.1) is 5.92 Å². The zero-order valence-electron chi connectivity index (χ0n) is 15.3. The summed E-state index contributed by atoms with van der Waals surface area (Å²) < 4.78 is 10.4. The van der Waals surface area contributed by atoms with Gasteiger partial charge in [0.1, 0.15) is 6.10 Å². The Morgan fingerprint density at radius 3 is 2.09 bits per heavy atom. The molecule has 0 saturated heterocycles. The molecule has 0 saturated carbocycles. The van der Waals surface area contributed by atoms with Crippen LogP contribution in [0.25, 0.3) is 0 Å². The first-order chi connectivity index (χ1) is 11.1. The summed E-state index contributed by atoms with van der Waals surface area (Å²) in [6.45, 7) is 8.88. The number of carbonyl (C=O) groups is 2. The Morgan fingerprint density at radius 1 is 0.870 bits per heavy atom. The monoisotopic (exact) mass is 326 g/mol. The maximum absolute atomic E-state index is 11.8. The van der Waals surface area contributed by atoms with Gasteiger partial charge in [-0.3, -0.25) is 0 Å². The van der Waals surface area contributed by atoms with Gasteiger partial charge in [0, 0.05) is 12.2 Å². The summed E-state index contributed by atoms with van der Waals surface area (Å²) in [5.41, 5.74) is 0. The Balaban J connectivity index is 4.08. The summed E-state index contributed by atoms with van der Waals surface area (Å²) >= 11 is 0. The van der Waals surface area contributed by atoms with Gasteiger partial charge in [0.2, 0.25) is 0 Å². The van der Waals surface area contributed by atoms with Gasteiger partial charge in [-0.25, -0.2) is 9.59 Å². The van der Waals surface area contributed by atoms with E-state index in [1.54, 1.807) is 0 Å². The molecule has 0 aliphatic rings. The molecule has 1 unspecified atom stereocenters. The van der Waals surface area contributed by atoms with Gasteiger partial charge in [-0.2, -0.15) is 0 Å². The number of hydrogen-bond donors (Lipinski definition) is 0. The van der Waals surface area contributed by atoms with E-state index in [4.69, 9.17) is 9.47 Å². The zero-order valence-corrected chi connectivity index (χ0v) is 15.3. The average molecular weight is 326 g/mol. The van der Waals surface area contributed by atoms with Gasteiger partial charge in [0.15, 0.2) is 0 Å². The van der Waals surface area contributed by atoms with Crippen molar-refractivity contribution in [2.24, 2.45) is 5.92 Å². The summed E-state index contributed by atoms with van der Waals surface area (Å²) in [5.74, 6) is -0.258. The van der Waals surface area contributed by atoms with Crippen molar-refractivity contribution in [2.75, 3.05) is 6.61 Å². The maximum Gasteiger partial charge on any atom is 0.331 e. The van der Waals surface area contributed by atoms with E-state index >= 15 is 0 Å². The third-order valence-electron chi connectivity index (χ3n) is 4.14. The fourth-order valence-corrected chi connectivity index (χ4v) is 2.38. The van der Waals surface area contributed by atoms with E-state index in [0.717, 1.165) is 57.4 Å². The Kier molecular flexibility index (Phi) is 13.5. The fourth-order valence-electron chi connectivity index (χ4n) is 2.38. The first-order valence-electron chi connectivity index (χ1n) is 9.12. The lowest BCUT2D eigenvalue weighted by Gasteiger charge is -2.18. The van der Waals surface area contributed by atoms with Crippen LogP contribution in [0.1, 0.15) is 79.1 Å². The molecule has 0 aliphatic heterocycles. The van der Waals surface area contributed by atoms with Crippen LogP contribution in [-0.2, 0) is 19.1 Å². The molecule has 0 bridgehead atoms. The van der Waals surface area contributed by atoms with Crippen LogP contribution >= 0.6 is 0 Å². The lowest BCUT2D eigenvalue weighted by atomic mass is 9.95. The molecular formula is C19H34O4. The van der Waals surface area contributed by atoms with Crippen molar-refractivity contribution in [1.82, 2.24) is 0 Å². The quantitative estimate of drug-likeness (QED) is 0.277. The highest BCUT2D eigenvalue weighted by Crippen LogP contribution is 2.18. The number of rotatable bonds is 13. The van der Waals surface area contributed by atoms with Crippen LogP contribution in [0.15, 0.2) is 12.2 Å². The summed E-state index contributed by atoms with van der Waals surface area (Å²) in [4.78, 5) is 23.2. The van der Waals surface area contributed by atoms with Crippen molar-refractivity contribution in [1.29, 1.82) is 0 Å². The highest BCUT2D eigenvalue weighted by atomic mass is 16.5. The van der Waals surface area contributed by atoms with E-state index in [1.165, 1.54) is 6.08 Å². The molecule has 0 heterocycles. The maximum atomic E-state index is 11.8. The molecule has 0 rings (SSSR count). The minimum absolute atomic E-state index is 0.0756. The number of ether oxygens (including phenoxy) is 2. The molecule has 4 heteroatoms. The average Bonchev–Trinajstić information content (AvgIpc) is 2.56. The van der Waals surface area contributed by atoms with Gasteiger partial charge in [-0.15, -0.1) is 0 Å².